The van der Waals surface area contributed by atoms with E-state index in [9.17, 15) is 9.90 Å². The molecule has 0 bridgehead atoms. The molecule has 20 heavy (non-hydrogen) atoms. The van der Waals surface area contributed by atoms with Crippen LogP contribution in [0.15, 0.2) is 30.3 Å². The van der Waals surface area contributed by atoms with E-state index in [0.717, 1.165) is 0 Å². The number of aliphatic hydroxyl groups excluding tert-OH is 1. The number of hydrogen-bond acceptors (Lipinski definition) is 6. The highest BCUT2D eigenvalue weighted by Gasteiger charge is 2.44. The number of carbonyl (C=O) groups excluding carboxylic acids is 1. The van der Waals surface area contributed by atoms with Gasteiger partial charge in [-0.1, -0.05) is 18.2 Å². The van der Waals surface area contributed by atoms with Gasteiger partial charge in [-0.05, 0) is 12.1 Å². The molecule has 1 heterocycles. The summed E-state index contributed by atoms with van der Waals surface area (Å²) in [6.45, 7) is 0.00856. The smallest absolute Gasteiger partial charge is 0.405 e. The van der Waals surface area contributed by atoms with Gasteiger partial charge in [-0.15, -0.1) is 0 Å². The van der Waals surface area contributed by atoms with E-state index in [1.807, 2.05) is 6.07 Å². The Balaban J connectivity index is 2.17. The molecule has 0 unspecified atom stereocenters. The maximum atomic E-state index is 11.0. The topological polar surface area (TPSA) is 100 Å². The molecule has 4 atom stereocenters. The molecule has 0 saturated carbocycles. The average Bonchev–Trinajstić information content (AvgIpc) is 2.44. The minimum absolute atomic E-state index is 0.00856. The largest absolute Gasteiger partial charge is 0.484 e. The fourth-order valence-corrected chi connectivity index (χ4v) is 2.02. The lowest BCUT2D eigenvalue weighted by Crippen LogP contribution is -2.58. The number of carbonyl (C=O) groups is 1. The number of primary amides is 1. The summed E-state index contributed by atoms with van der Waals surface area (Å²) in [6, 6.07) is 8.87. The Hall–Kier alpha value is -1.83. The summed E-state index contributed by atoms with van der Waals surface area (Å²) >= 11 is 0. The molecule has 0 radical (unpaired) electrons. The third-order valence-electron chi connectivity index (χ3n) is 2.90. The zero-order valence-electron chi connectivity index (χ0n) is 11.0. The van der Waals surface area contributed by atoms with Crippen molar-refractivity contribution in [1.82, 2.24) is 0 Å². The first-order valence-electron chi connectivity index (χ1n) is 6.12. The van der Waals surface area contributed by atoms with Crippen molar-refractivity contribution in [3.8, 4) is 5.75 Å². The van der Waals surface area contributed by atoms with Gasteiger partial charge in [0.2, 0.25) is 0 Å². The normalized spacial score (nSPS) is 29.7. The molecule has 1 aliphatic rings. The van der Waals surface area contributed by atoms with Crippen molar-refractivity contribution in [1.29, 1.82) is 0 Å². The van der Waals surface area contributed by atoms with E-state index in [-0.39, 0.29) is 6.61 Å². The summed E-state index contributed by atoms with van der Waals surface area (Å²) < 4.78 is 20.9. The van der Waals surface area contributed by atoms with Crippen LogP contribution in [0.4, 0.5) is 4.79 Å². The van der Waals surface area contributed by atoms with Gasteiger partial charge in [-0.2, -0.15) is 0 Å². The molecule has 7 heteroatoms. The second kappa shape index (κ2) is 6.56. The predicted octanol–water partition coefficient (Wildman–Crippen LogP) is 0.261. The molecule has 0 aromatic heterocycles. The number of rotatable bonds is 4. The van der Waals surface area contributed by atoms with Crippen LogP contribution in [0, 0.1) is 0 Å². The molecular weight excluding hydrogens is 266 g/mol. The van der Waals surface area contributed by atoms with Crippen LogP contribution in [0.5, 0.6) is 5.75 Å². The van der Waals surface area contributed by atoms with Crippen molar-refractivity contribution in [3.63, 3.8) is 0 Å². The summed E-state index contributed by atoms with van der Waals surface area (Å²) in [7, 11) is 1.40. The van der Waals surface area contributed by atoms with E-state index in [2.05, 4.69) is 0 Å². The fraction of sp³-hybridized carbons (Fsp3) is 0.462. The van der Waals surface area contributed by atoms with Gasteiger partial charge >= 0.3 is 6.09 Å². The van der Waals surface area contributed by atoms with E-state index in [4.69, 9.17) is 24.7 Å². The summed E-state index contributed by atoms with van der Waals surface area (Å²) in [4.78, 5) is 11.0. The molecule has 1 aromatic rings. The molecule has 1 aliphatic heterocycles. The fourth-order valence-electron chi connectivity index (χ4n) is 2.02. The summed E-state index contributed by atoms with van der Waals surface area (Å²) in [6.07, 6.45) is -4.59. The number of para-hydroxylation sites is 1. The quantitative estimate of drug-likeness (QED) is 0.822. The highest BCUT2D eigenvalue weighted by atomic mass is 16.7. The van der Waals surface area contributed by atoms with Crippen molar-refractivity contribution in [2.75, 3.05) is 13.7 Å². The number of amides is 1. The predicted molar refractivity (Wildman–Crippen MR) is 68.1 cm³/mol. The van der Waals surface area contributed by atoms with Gasteiger partial charge in [0.25, 0.3) is 0 Å². The van der Waals surface area contributed by atoms with Crippen LogP contribution in [0.2, 0.25) is 0 Å². The van der Waals surface area contributed by atoms with Crippen molar-refractivity contribution >= 4 is 6.09 Å². The number of methoxy groups -OCH3 is 1. The van der Waals surface area contributed by atoms with Gasteiger partial charge < -0.3 is 29.8 Å². The molecule has 2 rings (SSSR count). The monoisotopic (exact) mass is 283 g/mol. The first kappa shape index (κ1) is 14.6. The van der Waals surface area contributed by atoms with Crippen LogP contribution in [-0.4, -0.2) is 49.5 Å². The molecule has 110 valence electrons. The molecule has 1 aromatic carbocycles. The number of hydrogen-bond donors (Lipinski definition) is 2. The molecule has 0 spiro atoms. The van der Waals surface area contributed by atoms with Crippen molar-refractivity contribution in [2.45, 2.75) is 24.6 Å². The van der Waals surface area contributed by atoms with E-state index in [1.165, 1.54) is 7.11 Å². The van der Waals surface area contributed by atoms with Crippen LogP contribution < -0.4 is 10.5 Å². The Bertz CT molecular complexity index is 440. The zero-order chi connectivity index (χ0) is 14.5. The molecule has 1 saturated heterocycles. The minimum atomic E-state index is -0.989. The number of ether oxygens (including phenoxy) is 4. The van der Waals surface area contributed by atoms with Crippen LogP contribution in [0.1, 0.15) is 0 Å². The zero-order valence-corrected chi connectivity index (χ0v) is 11.0. The highest BCUT2D eigenvalue weighted by molar-refractivity contribution is 5.65. The van der Waals surface area contributed by atoms with E-state index in [0.29, 0.717) is 5.75 Å². The summed E-state index contributed by atoms with van der Waals surface area (Å²) in [5.41, 5.74) is 5.03. The van der Waals surface area contributed by atoms with E-state index >= 15 is 0 Å². The van der Waals surface area contributed by atoms with Crippen LogP contribution in [0.25, 0.3) is 0 Å². The van der Waals surface area contributed by atoms with Crippen LogP contribution >= 0.6 is 0 Å². The average molecular weight is 283 g/mol. The van der Waals surface area contributed by atoms with Gasteiger partial charge in [-0.25, -0.2) is 4.79 Å². The first-order chi connectivity index (χ1) is 9.61. The third kappa shape index (κ3) is 3.38. The lowest BCUT2D eigenvalue weighted by Gasteiger charge is -2.38. The molecular formula is C13H17NO6. The van der Waals surface area contributed by atoms with Gasteiger partial charge in [0, 0.05) is 7.11 Å². The molecule has 1 fully saturated rings. The van der Waals surface area contributed by atoms with Crippen molar-refractivity contribution in [3.05, 3.63) is 30.3 Å². The van der Waals surface area contributed by atoms with E-state index in [1.54, 1.807) is 24.3 Å². The second-order valence-corrected chi connectivity index (χ2v) is 4.30. The first-order valence-corrected chi connectivity index (χ1v) is 6.12. The van der Waals surface area contributed by atoms with Crippen LogP contribution in [0.3, 0.4) is 0 Å². The Morgan fingerprint density at radius 3 is 2.65 bits per heavy atom. The Morgan fingerprint density at radius 1 is 1.35 bits per heavy atom. The Kier molecular flexibility index (Phi) is 4.78. The molecule has 0 aliphatic carbocycles. The van der Waals surface area contributed by atoms with Gasteiger partial charge in [0.15, 0.2) is 18.5 Å². The second-order valence-electron chi connectivity index (χ2n) is 4.30. The summed E-state index contributed by atoms with van der Waals surface area (Å²) in [5.74, 6) is 0.534. The maximum absolute atomic E-state index is 11.0. The number of nitrogens with two attached hydrogens (primary N) is 1. The lowest BCUT2D eigenvalue weighted by molar-refractivity contribution is -0.255. The molecule has 7 nitrogen and oxygen atoms in total. The van der Waals surface area contributed by atoms with Crippen molar-refractivity contribution < 1.29 is 28.8 Å². The molecule has 1 amide bonds. The number of benzene rings is 1. The van der Waals surface area contributed by atoms with E-state index < -0.39 is 30.7 Å². The van der Waals surface area contributed by atoms with Gasteiger partial charge in [-0.3, -0.25) is 0 Å². The Labute approximate surface area is 116 Å². The minimum Gasteiger partial charge on any atom is -0.484 e. The number of aliphatic hydroxyl groups is 1. The molecule has 3 N–H and O–H groups in total. The van der Waals surface area contributed by atoms with Gasteiger partial charge in [0.05, 0.1) is 6.61 Å². The lowest BCUT2D eigenvalue weighted by atomic mass is 10.0. The standard InChI is InChI=1S/C13H17NO6/c1-17-12-11(20-13(14)16)10(9(15)7-18-12)19-8-5-3-2-4-6-8/h2-6,9-12,15H,7H2,1H3,(H2,14,16)/t9-,10+,11-,12-/m1/s1. The SMILES string of the molecule is CO[C@@H]1OC[C@@H](O)[C@H](Oc2ccccc2)[C@H]1OC(N)=O. The van der Waals surface area contributed by atoms with Crippen LogP contribution in [-0.2, 0) is 14.2 Å². The summed E-state index contributed by atoms with van der Waals surface area (Å²) in [5, 5.41) is 9.99. The van der Waals surface area contributed by atoms with Gasteiger partial charge in [0.1, 0.15) is 11.9 Å². The highest BCUT2D eigenvalue weighted by Crippen LogP contribution is 2.24. The third-order valence-corrected chi connectivity index (χ3v) is 2.90. The maximum Gasteiger partial charge on any atom is 0.405 e. The Morgan fingerprint density at radius 2 is 2.05 bits per heavy atom. The van der Waals surface area contributed by atoms with Crippen molar-refractivity contribution in [2.24, 2.45) is 5.73 Å².